The second-order valence-corrected chi connectivity index (χ2v) is 12.0. The molecular formula is C6H8S4. The standard InChI is InChI=1S/C6H8S4/c1-2-6-3-4-10(7,8)9-5-6/h1,6H,3-5H2. The first-order chi connectivity index (χ1) is 4.64. The van der Waals surface area contributed by atoms with Crippen molar-refractivity contribution in [2.75, 3.05) is 11.5 Å². The molecule has 0 amide bonds. The molecule has 1 aliphatic heterocycles. The zero-order valence-corrected chi connectivity index (χ0v) is 8.68. The minimum absolute atomic E-state index is 0.427. The molecule has 0 aromatic carbocycles. The first kappa shape index (κ1) is 8.79. The lowest BCUT2D eigenvalue weighted by atomic mass is 10.1. The fraction of sp³-hybridized carbons (Fsp3) is 0.667. The molecule has 1 aliphatic rings. The van der Waals surface area contributed by atoms with E-state index in [2.05, 4.69) is 5.92 Å². The van der Waals surface area contributed by atoms with Gasteiger partial charge in [0.15, 0.2) is 0 Å². The van der Waals surface area contributed by atoms with Gasteiger partial charge in [-0.15, -0.1) is 12.3 Å². The van der Waals surface area contributed by atoms with Gasteiger partial charge in [0.05, 0.1) is 0 Å². The van der Waals surface area contributed by atoms with Crippen LogP contribution in [0.3, 0.4) is 0 Å². The summed E-state index contributed by atoms with van der Waals surface area (Å²) in [7, 11) is 1.72. The monoisotopic (exact) mass is 208 g/mol. The molecule has 0 aliphatic carbocycles. The summed E-state index contributed by atoms with van der Waals surface area (Å²) in [5, 5.41) is 0. The van der Waals surface area contributed by atoms with Crippen LogP contribution in [0, 0.1) is 18.3 Å². The molecule has 0 nitrogen and oxygen atoms in total. The highest BCUT2D eigenvalue weighted by Gasteiger charge is 2.16. The van der Waals surface area contributed by atoms with E-state index >= 15 is 0 Å². The smallest absolute Gasteiger partial charge is 0.0307 e. The van der Waals surface area contributed by atoms with Crippen molar-refractivity contribution in [1.29, 1.82) is 0 Å². The summed E-state index contributed by atoms with van der Waals surface area (Å²) in [6.45, 7) is 0. The van der Waals surface area contributed by atoms with Gasteiger partial charge in [-0.2, -0.15) is 0 Å². The Morgan fingerprint density at radius 1 is 1.60 bits per heavy atom. The Morgan fingerprint density at radius 2 is 2.30 bits per heavy atom. The second kappa shape index (κ2) is 3.40. The van der Waals surface area contributed by atoms with Crippen LogP contribution in [0.15, 0.2) is 0 Å². The largest absolute Gasteiger partial charge is 0.120 e. The number of rotatable bonds is 0. The quantitative estimate of drug-likeness (QED) is 0.436. The summed E-state index contributed by atoms with van der Waals surface area (Å²) >= 11 is 10.4. The van der Waals surface area contributed by atoms with E-state index in [1.807, 2.05) is 0 Å². The SMILES string of the molecule is C#CC1CCS(=S)(=S)SC1. The van der Waals surface area contributed by atoms with Gasteiger partial charge in [-0.3, -0.25) is 0 Å². The molecule has 0 N–H and O–H groups in total. The van der Waals surface area contributed by atoms with Crippen LogP contribution in [-0.2, 0) is 28.6 Å². The average molecular weight is 208 g/mol. The summed E-state index contributed by atoms with van der Waals surface area (Å²) in [6, 6.07) is 0. The van der Waals surface area contributed by atoms with Gasteiger partial charge in [-0.05, 0) is 35.0 Å². The Labute approximate surface area is 75.4 Å². The van der Waals surface area contributed by atoms with Crippen molar-refractivity contribution in [3.63, 3.8) is 0 Å². The second-order valence-electron chi connectivity index (χ2n) is 2.20. The van der Waals surface area contributed by atoms with Crippen LogP contribution >= 0.6 is 10.8 Å². The number of hydrogen-bond acceptors (Lipinski definition) is 3. The molecule has 4 heteroatoms. The third kappa shape index (κ3) is 2.39. The molecule has 1 saturated heterocycles. The van der Waals surface area contributed by atoms with Gasteiger partial charge in [-0.1, -0.05) is 10.8 Å². The van der Waals surface area contributed by atoms with Gasteiger partial charge in [0.2, 0.25) is 0 Å². The van der Waals surface area contributed by atoms with Gasteiger partial charge in [0, 0.05) is 17.4 Å². The Bertz CT molecular complexity index is 229. The molecule has 1 fully saturated rings. The van der Waals surface area contributed by atoms with Crippen LogP contribution in [0.25, 0.3) is 0 Å². The summed E-state index contributed by atoms with van der Waals surface area (Å²) < 4.78 is 0. The molecule has 0 aromatic rings. The normalized spacial score (nSPS) is 30.9. The highest BCUT2D eigenvalue weighted by Crippen LogP contribution is 2.27. The zero-order valence-electron chi connectivity index (χ0n) is 5.41. The molecule has 0 bridgehead atoms. The van der Waals surface area contributed by atoms with Crippen LogP contribution < -0.4 is 0 Å². The topological polar surface area (TPSA) is 0 Å². The van der Waals surface area contributed by atoms with E-state index in [9.17, 15) is 0 Å². The molecule has 0 saturated carbocycles. The van der Waals surface area contributed by atoms with Gasteiger partial charge in [0.1, 0.15) is 0 Å². The Balaban J connectivity index is 2.56. The molecule has 56 valence electrons. The lowest BCUT2D eigenvalue weighted by molar-refractivity contribution is 0.741. The first-order valence-electron chi connectivity index (χ1n) is 2.97. The molecule has 1 rings (SSSR count). The van der Waals surface area contributed by atoms with Crippen LogP contribution in [-0.4, -0.2) is 11.5 Å². The highest BCUT2D eigenvalue weighted by molar-refractivity contribution is 8.98. The third-order valence-corrected chi connectivity index (χ3v) is 7.75. The Morgan fingerprint density at radius 3 is 2.70 bits per heavy atom. The molecular weight excluding hydrogens is 200 g/mol. The van der Waals surface area contributed by atoms with E-state index in [1.165, 1.54) is 0 Å². The van der Waals surface area contributed by atoms with E-state index in [4.69, 9.17) is 28.8 Å². The van der Waals surface area contributed by atoms with Crippen molar-refractivity contribution < 1.29 is 0 Å². The van der Waals surface area contributed by atoms with Crippen LogP contribution in [0.1, 0.15) is 6.42 Å². The van der Waals surface area contributed by atoms with Crippen LogP contribution in [0.5, 0.6) is 0 Å². The van der Waals surface area contributed by atoms with E-state index in [0.717, 1.165) is 17.9 Å². The number of terminal acetylenes is 1. The maximum atomic E-state index is 5.27. The predicted molar refractivity (Wildman–Crippen MR) is 56.4 cm³/mol. The maximum absolute atomic E-state index is 5.27. The Kier molecular flexibility index (Phi) is 2.99. The van der Waals surface area contributed by atoms with Crippen LogP contribution in [0.4, 0.5) is 0 Å². The van der Waals surface area contributed by atoms with Crippen molar-refractivity contribution >= 4 is 39.3 Å². The lowest BCUT2D eigenvalue weighted by Crippen LogP contribution is -2.15. The van der Waals surface area contributed by atoms with Gasteiger partial charge >= 0.3 is 0 Å². The molecule has 1 unspecified atom stereocenters. The van der Waals surface area contributed by atoms with Gasteiger partial charge in [0.25, 0.3) is 0 Å². The minimum Gasteiger partial charge on any atom is -0.120 e. The summed E-state index contributed by atoms with van der Waals surface area (Å²) in [5.41, 5.74) is 0. The Hall–Kier alpha value is 0.700. The summed E-state index contributed by atoms with van der Waals surface area (Å²) in [6.07, 6.45) is 5.18. The molecule has 10 heavy (non-hydrogen) atoms. The first-order valence-corrected chi connectivity index (χ1v) is 8.13. The summed E-state index contributed by atoms with van der Waals surface area (Å²) in [4.78, 5) is 0. The predicted octanol–water partition coefficient (Wildman–Crippen LogP) is 1.37. The van der Waals surface area contributed by atoms with Crippen molar-refractivity contribution in [2.45, 2.75) is 6.42 Å². The van der Waals surface area contributed by atoms with Gasteiger partial charge < -0.3 is 0 Å². The summed E-state index contributed by atoms with van der Waals surface area (Å²) in [5.74, 6) is 5.14. The van der Waals surface area contributed by atoms with Gasteiger partial charge in [-0.25, -0.2) is 0 Å². The molecule has 0 aromatic heterocycles. The molecule has 0 radical (unpaired) electrons. The van der Waals surface area contributed by atoms with Crippen molar-refractivity contribution in [3.05, 3.63) is 0 Å². The molecule has 1 atom stereocenters. The van der Waals surface area contributed by atoms with E-state index < -0.39 is 6.18 Å². The van der Waals surface area contributed by atoms with Crippen molar-refractivity contribution in [1.82, 2.24) is 0 Å². The minimum atomic E-state index is -1.14. The van der Waals surface area contributed by atoms with E-state index in [-0.39, 0.29) is 0 Å². The fourth-order valence-corrected chi connectivity index (χ4v) is 5.41. The lowest BCUT2D eigenvalue weighted by Gasteiger charge is -2.20. The highest BCUT2D eigenvalue weighted by atomic mass is 33.5. The molecule has 1 heterocycles. The molecule has 0 spiro atoms. The maximum Gasteiger partial charge on any atom is 0.0307 e. The number of hydrogen-bond donors (Lipinski definition) is 0. The van der Waals surface area contributed by atoms with E-state index in [1.54, 1.807) is 10.8 Å². The fourth-order valence-electron chi connectivity index (χ4n) is 0.746. The average Bonchev–Trinajstić information content (AvgIpc) is 1.88. The van der Waals surface area contributed by atoms with Crippen LogP contribution in [0.2, 0.25) is 0 Å². The van der Waals surface area contributed by atoms with Crippen molar-refractivity contribution in [3.8, 4) is 12.3 Å². The zero-order chi connectivity index (χ0) is 7.61. The van der Waals surface area contributed by atoms with Crippen molar-refractivity contribution in [2.24, 2.45) is 5.92 Å². The third-order valence-electron chi connectivity index (χ3n) is 1.40. The van der Waals surface area contributed by atoms with E-state index in [0.29, 0.717) is 5.92 Å².